The summed E-state index contributed by atoms with van der Waals surface area (Å²) in [5.74, 6) is -1.06. The van der Waals surface area contributed by atoms with Gasteiger partial charge in [-0.25, -0.2) is 0 Å². The molecule has 1 fully saturated rings. The Morgan fingerprint density at radius 3 is 2.63 bits per heavy atom. The summed E-state index contributed by atoms with van der Waals surface area (Å²) in [4.78, 5) is 11.2. The maximum Gasteiger partial charge on any atom is 0.322 e. The Labute approximate surface area is 115 Å². The van der Waals surface area contributed by atoms with Crippen molar-refractivity contribution in [1.29, 1.82) is 0 Å². The van der Waals surface area contributed by atoms with Crippen molar-refractivity contribution in [3.8, 4) is 0 Å². The normalized spacial score (nSPS) is 23.5. The van der Waals surface area contributed by atoms with Gasteiger partial charge in [0.25, 0.3) is 10.2 Å². The van der Waals surface area contributed by atoms with E-state index in [-0.39, 0.29) is 6.04 Å². The number of hydrogen-bond donors (Lipinski definition) is 1. The molecule has 1 N–H and O–H groups in total. The SMILES string of the molecule is CCCC(C)N(C)S(=O)(=O)N1CCCCC1C(=O)O. The highest BCUT2D eigenvalue weighted by atomic mass is 32.2. The topological polar surface area (TPSA) is 77.9 Å². The molecular weight excluding hydrogens is 268 g/mol. The van der Waals surface area contributed by atoms with Gasteiger partial charge < -0.3 is 5.11 Å². The first kappa shape index (κ1) is 16.4. The number of carboxylic acid groups (broad SMARTS) is 1. The van der Waals surface area contributed by atoms with E-state index in [1.807, 2.05) is 13.8 Å². The molecule has 1 saturated heterocycles. The fourth-order valence-corrected chi connectivity index (χ4v) is 4.19. The van der Waals surface area contributed by atoms with Crippen LogP contribution >= 0.6 is 0 Å². The first-order valence-corrected chi connectivity index (χ1v) is 8.19. The lowest BCUT2D eigenvalue weighted by Crippen LogP contribution is -2.54. The second kappa shape index (κ2) is 6.67. The zero-order valence-corrected chi connectivity index (χ0v) is 12.7. The molecular formula is C12H24N2O4S. The van der Waals surface area contributed by atoms with Crippen LogP contribution in [0.25, 0.3) is 0 Å². The lowest BCUT2D eigenvalue weighted by Gasteiger charge is -2.36. The van der Waals surface area contributed by atoms with Crippen molar-refractivity contribution in [3.63, 3.8) is 0 Å². The van der Waals surface area contributed by atoms with Crippen LogP contribution in [0, 0.1) is 0 Å². The Bertz CT molecular complexity index is 410. The summed E-state index contributed by atoms with van der Waals surface area (Å²) in [6.45, 7) is 4.14. The third-order valence-corrected chi connectivity index (χ3v) is 5.84. The maximum atomic E-state index is 12.5. The van der Waals surface area contributed by atoms with Crippen molar-refractivity contribution in [1.82, 2.24) is 8.61 Å². The molecule has 112 valence electrons. The predicted molar refractivity (Wildman–Crippen MR) is 73.0 cm³/mol. The monoisotopic (exact) mass is 292 g/mol. The summed E-state index contributed by atoms with van der Waals surface area (Å²) < 4.78 is 27.5. The molecule has 0 bridgehead atoms. The van der Waals surface area contributed by atoms with Gasteiger partial charge in [0, 0.05) is 19.6 Å². The Morgan fingerprint density at radius 2 is 2.11 bits per heavy atom. The first-order chi connectivity index (χ1) is 8.82. The van der Waals surface area contributed by atoms with Gasteiger partial charge in [0.15, 0.2) is 0 Å². The van der Waals surface area contributed by atoms with Gasteiger partial charge in [0.05, 0.1) is 0 Å². The van der Waals surface area contributed by atoms with E-state index in [2.05, 4.69) is 0 Å². The summed E-state index contributed by atoms with van der Waals surface area (Å²) in [5.41, 5.74) is 0. The number of piperidine rings is 1. The number of carboxylic acids is 1. The molecule has 0 aromatic heterocycles. The Balaban J connectivity index is 2.93. The highest BCUT2D eigenvalue weighted by molar-refractivity contribution is 7.86. The predicted octanol–water partition coefficient (Wildman–Crippen LogP) is 1.29. The molecule has 0 aliphatic carbocycles. The Kier molecular flexibility index (Phi) is 5.76. The van der Waals surface area contributed by atoms with E-state index in [9.17, 15) is 18.3 Å². The van der Waals surface area contributed by atoms with Crippen LogP contribution in [-0.2, 0) is 15.0 Å². The molecule has 7 heteroatoms. The van der Waals surface area contributed by atoms with Gasteiger partial charge in [-0.15, -0.1) is 0 Å². The van der Waals surface area contributed by atoms with E-state index in [1.54, 1.807) is 0 Å². The molecule has 2 unspecified atom stereocenters. The maximum absolute atomic E-state index is 12.5. The van der Waals surface area contributed by atoms with Crippen LogP contribution in [0.4, 0.5) is 0 Å². The van der Waals surface area contributed by atoms with E-state index in [0.717, 1.165) is 30.0 Å². The van der Waals surface area contributed by atoms with Gasteiger partial charge in [-0.3, -0.25) is 4.79 Å². The minimum Gasteiger partial charge on any atom is -0.480 e. The minimum atomic E-state index is -3.69. The Morgan fingerprint density at radius 1 is 1.47 bits per heavy atom. The molecule has 0 radical (unpaired) electrons. The first-order valence-electron chi connectivity index (χ1n) is 6.80. The summed E-state index contributed by atoms with van der Waals surface area (Å²) >= 11 is 0. The lowest BCUT2D eigenvalue weighted by molar-refractivity contribution is -0.142. The quantitative estimate of drug-likeness (QED) is 0.800. The molecule has 1 rings (SSSR count). The molecule has 1 aliphatic heterocycles. The van der Waals surface area contributed by atoms with Gasteiger partial charge >= 0.3 is 5.97 Å². The van der Waals surface area contributed by atoms with Gasteiger partial charge in [-0.2, -0.15) is 17.0 Å². The standard InChI is InChI=1S/C12H24N2O4S/c1-4-7-10(2)13(3)19(17,18)14-9-6-5-8-11(14)12(15)16/h10-11H,4-9H2,1-3H3,(H,15,16). The summed E-state index contributed by atoms with van der Waals surface area (Å²) in [6, 6.07) is -1.04. The van der Waals surface area contributed by atoms with Crippen molar-refractivity contribution >= 4 is 16.2 Å². The molecule has 19 heavy (non-hydrogen) atoms. The zero-order chi connectivity index (χ0) is 14.6. The van der Waals surface area contributed by atoms with Gasteiger partial charge in [0.1, 0.15) is 6.04 Å². The van der Waals surface area contributed by atoms with Crippen LogP contribution in [0.15, 0.2) is 0 Å². The molecule has 6 nitrogen and oxygen atoms in total. The molecule has 1 aliphatic rings. The summed E-state index contributed by atoms with van der Waals surface area (Å²) in [6.07, 6.45) is 3.53. The van der Waals surface area contributed by atoms with E-state index < -0.39 is 22.2 Å². The number of carbonyl (C=O) groups is 1. The van der Waals surface area contributed by atoms with Crippen LogP contribution in [0.1, 0.15) is 46.0 Å². The van der Waals surface area contributed by atoms with Crippen LogP contribution in [0.3, 0.4) is 0 Å². The third kappa shape index (κ3) is 3.67. The molecule has 0 aromatic carbocycles. The van der Waals surface area contributed by atoms with Crippen molar-refractivity contribution in [3.05, 3.63) is 0 Å². The van der Waals surface area contributed by atoms with E-state index in [0.29, 0.717) is 13.0 Å². The second-order valence-corrected chi connectivity index (χ2v) is 7.06. The van der Waals surface area contributed by atoms with Gasteiger partial charge in [-0.1, -0.05) is 13.3 Å². The summed E-state index contributed by atoms with van der Waals surface area (Å²) in [5, 5.41) is 9.17. The minimum absolute atomic E-state index is 0.119. The average Bonchev–Trinajstić information content (AvgIpc) is 2.38. The van der Waals surface area contributed by atoms with Gasteiger partial charge in [0.2, 0.25) is 0 Å². The second-order valence-electron chi connectivity index (χ2n) is 5.12. The number of nitrogens with zero attached hydrogens (tertiary/aromatic N) is 2. The van der Waals surface area contributed by atoms with E-state index in [1.165, 1.54) is 11.4 Å². The van der Waals surface area contributed by atoms with Gasteiger partial charge in [-0.05, 0) is 32.6 Å². The largest absolute Gasteiger partial charge is 0.480 e. The molecule has 0 amide bonds. The van der Waals surface area contributed by atoms with Crippen molar-refractivity contribution in [2.75, 3.05) is 13.6 Å². The van der Waals surface area contributed by atoms with Crippen LogP contribution in [0.2, 0.25) is 0 Å². The van der Waals surface area contributed by atoms with E-state index in [4.69, 9.17) is 0 Å². The molecule has 2 atom stereocenters. The van der Waals surface area contributed by atoms with Crippen LogP contribution in [-0.4, -0.2) is 53.8 Å². The molecule has 1 heterocycles. The van der Waals surface area contributed by atoms with Crippen LogP contribution in [0.5, 0.6) is 0 Å². The van der Waals surface area contributed by atoms with Crippen LogP contribution < -0.4 is 0 Å². The smallest absolute Gasteiger partial charge is 0.322 e. The lowest BCUT2D eigenvalue weighted by atomic mass is 10.1. The highest BCUT2D eigenvalue weighted by Crippen LogP contribution is 2.24. The highest BCUT2D eigenvalue weighted by Gasteiger charge is 2.39. The molecule has 0 saturated carbocycles. The molecule has 0 aromatic rings. The summed E-state index contributed by atoms with van der Waals surface area (Å²) in [7, 11) is -2.16. The third-order valence-electron chi connectivity index (χ3n) is 3.73. The van der Waals surface area contributed by atoms with E-state index >= 15 is 0 Å². The van der Waals surface area contributed by atoms with Crippen molar-refractivity contribution in [2.45, 2.75) is 58.0 Å². The molecule has 0 spiro atoms. The Hall–Kier alpha value is -0.660. The average molecular weight is 292 g/mol. The fraction of sp³-hybridized carbons (Fsp3) is 0.917. The number of rotatable bonds is 6. The fourth-order valence-electron chi connectivity index (χ4n) is 2.42. The van der Waals surface area contributed by atoms with Crippen molar-refractivity contribution < 1.29 is 18.3 Å². The number of hydrogen-bond acceptors (Lipinski definition) is 3. The number of aliphatic carboxylic acids is 1. The zero-order valence-electron chi connectivity index (χ0n) is 11.9. The van der Waals surface area contributed by atoms with Crippen molar-refractivity contribution in [2.24, 2.45) is 0 Å².